The SMILES string of the molecule is CC(C)CC(NC(=O)NC1(C)CCCC1)C(=O)O. The Morgan fingerprint density at radius 2 is 1.83 bits per heavy atom. The van der Waals surface area contributed by atoms with E-state index in [1.165, 1.54) is 0 Å². The number of carbonyl (C=O) groups is 2. The Morgan fingerprint density at radius 1 is 1.28 bits per heavy atom. The van der Waals surface area contributed by atoms with E-state index in [-0.39, 0.29) is 17.5 Å². The second-order valence-electron chi connectivity index (χ2n) is 5.89. The summed E-state index contributed by atoms with van der Waals surface area (Å²) >= 11 is 0. The fourth-order valence-corrected chi connectivity index (χ4v) is 2.44. The van der Waals surface area contributed by atoms with Gasteiger partial charge in [-0.15, -0.1) is 0 Å². The first-order chi connectivity index (χ1) is 8.32. The number of carboxylic acid groups (broad SMARTS) is 1. The van der Waals surface area contributed by atoms with Gasteiger partial charge in [0.2, 0.25) is 0 Å². The molecule has 5 heteroatoms. The van der Waals surface area contributed by atoms with Crippen molar-refractivity contribution in [3.63, 3.8) is 0 Å². The molecule has 0 aromatic heterocycles. The maximum Gasteiger partial charge on any atom is 0.326 e. The summed E-state index contributed by atoms with van der Waals surface area (Å²) in [5.74, 6) is -0.746. The minimum absolute atomic E-state index is 0.176. The number of amides is 2. The third kappa shape index (κ3) is 4.55. The molecule has 104 valence electrons. The summed E-state index contributed by atoms with van der Waals surface area (Å²) in [4.78, 5) is 22.9. The van der Waals surface area contributed by atoms with Crippen molar-refractivity contribution in [1.29, 1.82) is 0 Å². The van der Waals surface area contributed by atoms with Gasteiger partial charge in [-0.3, -0.25) is 0 Å². The van der Waals surface area contributed by atoms with E-state index < -0.39 is 12.0 Å². The summed E-state index contributed by atoms with van der Waals surface area (Å²) in [5.41, 5.74) is -0.176. The van der Waals surface area contributed by atoms with E-state index >= 15 is 0 Å². The third-order valence-corrected chi connectivity index (χ3v) is 3.43. The van der Waals surface area contributed by atoms with Gasteiger partial charge in [0.25, 0.3) is 0 Å². The fraction of sp³-hybridized carbons (Fsp3) is 0.846. The highest BCUT2D eigenvalue weighted by molar-refractivity contribution is 5.82. The molecular formula is C13H24N2O3. The number of hydrogen-bond acceptors (Lipinski definition) is 2. The van der Waals surface area contributed by atoms with Crippen molar-refractivity contribution in [1.82, 2.24) is 10.6 Å². The number of rotatable bonds is 5. The van der Waals surface area contributed by atoms with Gasteiger partial charge in [-0.25, -0.2) is 9.59 Å². The molecule has 0 saturated heterocycles. The smallest absolute Gasteiger partial charge is 0.326 e. The summed E-state index contributed by atoms with van der Waals surface area (Å²) in [7, 11) is 0. The molecule has 0 aromatic carbocycles. The average molecular weight is 256 g/mol. The molecule has 0 radical (unpaired) electrons. The van der Waals surface area contributed by atoms with Crippen LogP contribution in [0.25, 0.3) is 0 Å². The van der Waals surface area contributed by atoms with Crippen LogP contribution in [0.4, 0.5) is 4.79 Å². The maximum absolute atomic E-state index is 11.8. The Hall–Kier alpha value is -1.26. The van der Waals surface area contributed by atoms with Gasteiger partial charge in [-0.1, -0.05) is 26.7 Å². The molecule has 0 bridgehead atoms. The lowest BCUT2D eigenvalue weighted by atomic mass is 10.0. The van der Waals surface area contributed by atoms with Crippen molar-refractivity contribution in [3.8, 4) is 0 Å². The van der Waals surface area contributed by atoms with Gasteiger partial charge in [0.05, 0.1) is 0 Å². The molecule has 1 rings (SSSR count). The van der Waals surface area contributed by atoms with Crippen LogP contribution < -0.4 is 10.6 Å². The Bertz CT molecular complexity index is 309. The lowest BCUT2D eigenvalue weighted by Crippen LogP contribution is -2.53. The zero-order chi connectivity index (χ0) is 13.8. The predicted molar refractivity (Wildman–Crippen MR) is 69.4 cm³/mol. The van der Waals surface area contributed by atoms with Crippen LogP contribution in [0.3, 0.4) is 0 Å². The molecular weight excluding hydrogens is 232 g/mol. The van der Waals surface area contributed by atoms with Crippen molar-refractivity contribution < 1.29 is 14.7 Å². The summed E-state index contributed by atoms with van der Waals surface area (Å²) < 4.78 is 0. The summed E-state index contributed by atoms with van der Waals surface area (Å²) in [5, 5.41) is 14.5. The molecule has 0 aliphatic heterocycles. The number of carboxylic acids is 1. The van der Waals surface area contributed by atoms with Crippen molar-refractivity contribution >= 4 is 12.0 Å². The average Bonchev–Trinajstić information content (AvgIpc) is 2.62. The Morgan fingerprint density at radius 3 is 2.28 bits per heavy atom. The molecule has 18 heavy (non-hydrogen) atoms. The minimum Gasteiger partial charge on any atom is -0.480 e. The van der Waals surface area contributed by atoms with Crippen LogP contribution in [0.1, 0.15) is 52.9 Å². The topological polar surface area (TPSA) is 78.4 Å². The van der Waals surface area contributed by atoms with Crippen LogP contribution in [-0.2, 0) is 4.79 Å². The standard InChI is InChI=1S/C13H24N2O3/c1-9(2)8-10(11(16)17)14-12(18)15-13(3)6-4-5-7-13/h9-10H,4-8H2,1-3H3,(H,16,17)(H2,14,15,18). The van der Waals surface area contributed by atoms with Crippen LogP contribution in [0.5, 0.6) is 0 Å². The van der Waals surface area contributed by atoms with Crippen LogP contribution in [0, 0.1) is 5.92 Å². The molecule has 0 aromatic rings. The van der Waals surface area contributed by atoms with Gasteiger partial charge < -0.3 is 15.7 Å². The summed E-state index contributed by atoms with van der Waals surface area (Å²) in [6, 6.07) is -1.18. The summed E-state index contributed by atoms with van der Waals surface area (Å²) in [6.45, 7) is 5.89. The number of aliphatic carboxylic acids is 1. The first kappa shape index (κ1) is 14.8. The lowest BCUT2D eigenvalue weighted by molar-refractivity contribution is -0.139. The van der Waals surface area contributed by atoms with E-state index in [4.69, 9.17) is 5.11 Å². The highest BCUT2D eigenvalue weighted by Crippen LogP contribution is 2.28. The number of urea groups is 1. The number of nitrogens with one attached hydrogen (secondary N) is 2. The second-order valence-corrected chi connectivity index (χ2v) is 5.89. The van der Waals surface area contributed by atoms with Gasteiger partial charge in [0, 0.05) is 5.54 Å². The van der Waals surface area contributed by atoms with Crippen molar-refractivity contribution in [2.45, 2.75) is 64.5 Å². The van der Waals surface area contributed by atoms with Gasteiger partial charge >= 0.3 is 12.0 Å². The van der Waals surface area contributed by atoms with Crippen molar-refractivity contribution in [3.05, 3.63) is 0 Å². The quantitative estimate of drug-likeness (QED) is 0.705. The van der Waals surface area contributed by atoms with Crippen LogP contribution in [-0.4, -0.2) is 28.7 Å². The monoisotopic (exact) mass is 256 g/mol. The van der Waals surface area contributed by atoms with Gasteiger partial charge in [0.15, 0.2) is 0 Å². The highest BCUT2D eigenvalue weighted by atomic mass is 16.4. The zero-order valence-corrected chi connectivity index (χ0v) is 11.5. The molecule has 2 amide bonds. The van der Waals surface area contributed by atoms with E-state index in [2.05, 4.69) is 10.6 Å². The highest BCUT2D eigenvalue weighted by Gasteiger charge is 2.31. The molecule has 1 unspecified atom stereocenters. The van der Waals surface area contributed by atoms with Crippen molar-refractivity contribution in [2.75, 3.05) is 0 Å². The van der Waals surface area contributed by atoms with Crippen LogP contribution >= 0.6 is 0 Å². The van der Waals surface area contributed by atoms with Gasteiger partial charge in [-0.05, 0) is 32.1 Å². The molecule has 1 saturated carbocycles. The van der Waals surface area contributed by atoms with E-state index in [1.54, 1.807) is 0 Å². The van der Waals surface area contributed by atoms with Crippen LogP contribution in [0.2, 0.25) is 0 Å². The second kappa shape index (κ2) is 6.07. The minimum atomic E-state index is -0.976. The molecule has 1 aliphatic carbocycles. The predicted octanol–water partition coefficient (Wildman–Crippen LogP) is 2.12. The third-order valence-electron chi connectivity index (χ3n) is 3.43. The number of carbonyl (C=O) groups excluding carboxylic acids is 1. The first-order valence-corrected chi connectivity index (χ1v) is 6.64. The van der Waals surface area contributed by atoms with Crippen molar-refractivity contribution in [2.24, 2.45) is 5.92 Å². The molecule has 1 fully saturated rings. The fourth-order valence-electron chi connectivity index (χ4n) is 2.44. The molecule has 0 heterocycles. The molecule has 5 nitrogen and oxygen atoms in total. The van der Waals surface area contributed by atoms with Crippen LogP contribution in [0.15, 0.2) is 0 Å². The first-order valence-electron chi connectivity index (χ1n) is 6.64. The molecule has 1 aliphatic rings. The Kier molecular flexibility index (Phi) is 4.99. The molecule has 3 N–H and O–H groups in total. The van der Waals surface area contributed by atoms with E-state index in [1.807, 2.05) is 20.8 Å². The largest absolute Gasteiger partial charge is 0.480 e. The van der Waals surface area contributed by atoms with Gasteiger partial charge in [0.1, 0.15) is 6.04 Å². The van der Waals surface area contributed by atoms with E-state index in [0.29, 0.717) is 6.42 Å². The number of hydrogen-bond donors (Lipinski definition) is 3. The molecule has 0 spiro atoms. The lowest BCUT2D eigenvalue weighted by Gasteiger charge is -2.26. The zero-order valence-electron chi connectivity index (χ0n) is 11.5. The van der Waals surface area contributed by atoms with Gasteiger partial charge in [-0.2, -0.15) is 0 Å². The van der Waals surface area contributed by atoms with E-state index in [9.17, 15) is 9.59 Å². The Labute approximate surface area is 108 Å². The normalized spacial score (nSPS) is 19.6. The van der Waals surface area contributed by atoms with E-state index in [0.717, 1.165) is 25.7 Å². The molecule has 1 atom stereocenters. The maximum atomic E-state index is 11.8. The summed E-state index contributed by atoms with van der Waals surface area (Å²) in [6.07, 6.45) is 4.60. The Balaban J connectivity index is 2.48.